The molecule has 1 heterocycles. The van der Waals surface area contributed by atoms with E-state index in [1.165, 1.54) is 0 Å². The van der Waals surface area contributed by atoms with Crippen LogP contribution in [0.2, 0.25) is 0 Å². The predicted molar refractivity (Wildman–Crippen MR) is 111 cm³/mol. The van der Waals surface area contributed by atoms with Crippen LogP contribution in [-0.4, -0.2) is 23.5 Å². The van der Waals surface area contributed by atoms with Crippen molar-refractivity contribution in [3.8, 4) is 11.5 Å². The fourth-order valence-electron chi connectivity index (χ4n) is 3.07. The zero-order chi connectivity index (χ0) is 20.8. The van der Waals surface area contributed by atoms with Gasteiger partial charge in [-0.1, -0.05) is 50.2 Å². The quantitative estimate of drug-likeness (QED) is 0.596. The monoisotopic (exact) mass is 392 g/mol. The van der Waals surface area contributed by atoms with E-state index in [2.05, 4.69) is 10.3 Å². The van der Waals surface area contributed by atoms with Crippen molar-refractivity contribution in [3.63, 3.8) is 0 Å². The lowest BCUT2D eigenvalue weighted by molar-refractivity contribution is -0.119. The highest BCUT2D eigenvalue weighted by Gasteiger charge is 2.20. The number of oxazole rings is 1. The van der Waals surface area contributed by atoms with Gasteiger partial charge in [0, 0.05) is 11.3 Å². The minimum atomic E-state index is -0.692. The first kappa shape index (κ1) is 20.3. The summed E-state index contributed by atoms with van der Waals surface area (Å²) in [6.07, 6.45) is 1.59. The Kier molecular flexibility index (Phi) is 6.44. The summed E-state index contributed by atoms with van der Waals surface area (Å²) in [4.78, 5) is 29.0. The lowest BCUT2D eigenvalue weighted by atomic mass is 10.0. The van der Waals surface area contributed by atoms with Crippen LogP contribution in [0.5, 0.6) is 0 Å². The third-order valence-corrected chi connectivity index (χ3v) is 4.61. The summed E-state index contributed by atoms with van der Waals surface area (Å²) in [6.45, 7) is 5.30. The van der Waals surface area contributed by atoms with Crippen LogP contribution in [0.1, 0.15) is 41.2 Å². The van der Waals surface area contributed by atoms with Crippen LogP contribution in [0.15, 0.2) is 52.9 Å². The summed E-state index contributed by atoms with van der Waals surface area (Å²) >= 11 is 0. The summed E-state index contributed by atoms with van der Waals surface area (Å²) in [6, 6.07) is 15.2. The largest absolute Gasteiger partial charge is 0.451 e. The van der Waals surface area contributed by atoms with Crippen molar-refractivity contribution in [3.05, 3.63) is 71.1 Å². The standard InChI is InChI=1S/C23H24N2O4/c1-4-16-12-9-13-17(5-2)21(16)24-19(26)14-28-23(27)20-15(3)29-22(25-20)18-10-7-6-8-11-18/h6-13H,4-5,14H2,1-3H3,(H,24,26). The molecule has 0 spiro atoms. The van der Waals surface area contributed by atoms with E-state index < -0.39 is 18.5 Å². The maximum absolute atomic E-state index is 12.4. The smallest absolute Gasteiger partial charge is 0.361 e. The van der Waals surface area contributed by atoms with Crippen LogP contribution < -0.4 is 5.32 Å². The molecule has 1 amide bonds. The van der Waals surface area contributed by atoms with E-state index in [0.717, 1.165) is 35.2 Å². The van der Waals surface area contributed by atoms with Crippen LogP contribution in [0, 0.1) is 6.92 Å². The molecule has 3 aromatic rings. The Labute approximate surface area is 169 Å². The van der Waals surface area contributed by atoms with Crippen molar-refractivity contribution in [2.45, 2.75) is 33.6 Å². The Bertz CT molecular complexity index is 987. The lowest BCUT2D eigenvalue weighted by Gasteiger charge is -2.14. The zero-order valence-corrected chi connectivity index (χ0v) is 16.8. The van der Waals surface area contributed by atoms with E-state index in [1.54, 1.807) is 6.92 Å². The fourth-order valence-corrected chi connectivity index (χ4v) is 3.07. The van der Waals surface area contributed by atoms with E-state index in [-0.39, 0.29) is 5.69 Å². The van der Waals surface area contributed by atoms with Gasteiger partial charge in [0.15, 0.2) is 12.3 Å². The first-order valence-corrected chi connectivity index (χ1v) is 9.64. The Morgan fingerprint density at radius 1 is 1.00 bits per heavy atom. The van der Waals surface area contributed by atoms with Gasteiger partial charge in [-0.2, -0.15) is 0 Å². The Morgan fingerprint density at radius 3 is 2.28 bits per heavy atom. The number of nitrogens with zero attached hydrogens (tertiary/aromatic N) is 1. The summed E-state index contributed by atoms with van der Waals surface area (Å²) in [5.41, 5.74) is 3.71. The Hall–Kier alpha value is -3.41. The molecule has 0 fully saturated rings. The molecule has 150 valence electrons. The molecule has 29 heavy (non-hydrogen) atoms. The topological polar surface area (TPSA) is 81.4 Å². The molecule has 0 aliphatic rings. The molecule has 0 atom stereocenters. The minimum Gasteiger partial charge on any atom is -0.451 e. The van der Waals surface area contributed by atoms with Crippen molar-refractivity contribution in [2.75, 3.05) is 11.9 Å². The van der Waals surface area contributed by atoms with Gasteiger partial charge in [-0.25, -0.2) is 9.78 Å². The maximum Gasteiger partial charge on any atom is 0.361 e. The van der Waals surface area contributed by atoms with Gasteiger partial charge in [-0.05, 0) is 43.0 Å². The number of para-hydroxylation sites is 1. The van der Waals surface area contributed by atoms with Crippen molar-refractivity contribution in [1.82, 2.24) is 4.98 Å². The summed E-state index contributed by atoms with van der Waals surface area (Å²) < 4.78 is 10.7. The van der Waals surface area contributed by atoms with Crippen LogP contribution in [0.3, 0.4) is 0 Å². The molecular formula is C23H24N2O4. The molecule has 6 nitrogen and oxygen atoms in total. The minimum absolute atomic E-state index is 0.0693. The highest BCUT2D eigenvalue weighted by Crippen LogP contribution is 2.23. The molecule has 0 aliphatic heterocycles. The van der Waals surface area contributed by atoms with Crippen LogP contribution in [0.25, 0.3) is 11.5 Å². The molecule has 0 bridgehead atoms. The SMILES string of the molecule is CCc1cccc(CC)c1NC(=O)COC(=O)c1nc(-c2ccccc2)oc1C. The fraction of sp³-hybridized carbons (Fsp3) is 0.261. The normalized spacial score (nSPS) is 10.6. The summed E-state index contributed by atoms with van der Waals surface area (Å²) in [5, 5.41) is 2.87. The van der Waals surface area contributed by atoms with Crippen LogP contribution >= 0.6 is 0 Å². The second-order valence-corrected chi connectivity index (χ2v) is 6.57. The number of nitrogens with one attached hydrogen (secondary N) is 1. The maximum atomic E-state index is 12.4. The first-order valence-electron chi connectivity index (χ1n) is 9.64. The number of hydrogen-bond donors (Lipinski definition) is 1. The summed E-state index contributed by atoms with van der Waals surface area (Å²) in [7, 11) is 0. The average Bonchev–Trinajstić information content (AvgIpc) is 3.14. The van der Waals surface area contributed by atoms with Gasteiger partial charge in [0.1, 0.15) is 5.76 Å². The van der Waals surface area contributed by atoms with Crippen molar-refractivity contribution >= 4 is 17.6 Å². The molecule has 3 rings (SSSR count). The molecule has 0 radical (unpaired) electrons. The molecule has 2 aromatic carbocycles. The van der Waals surface area contributed by atoms with E-state index >= 15 is 0 Å². The number of ether oxygens (including phenoxy) is 1. The van der Waals surface area contributed by atoms with E-state index in [1.807, 2.05) is 62.4 Å². The van der Waals surface area contributed by atoms with Crippen molar-refractivity contribution in [2.24, 2.45) is 0 Å². The first-order chi connectivity index (χ1) is 14.0. The number of anilines is 1. The van der Waals surface area contributed by atoms with E-state index in [0.29, 0.717) is 11.7 Å². The van der Waals surface area contributed by atoms with E-state index in [4.69, 9.17) is 9.15 Å². The number of carbonyl (C=O) groups excluding carboxylic acids is 2. The van der Waals surface area contributed by atoms with Gasteiger partial charge < -0.3 is 14.5 Å². The second-order valence-electron chi connectivity index (χ2n) is 6.57. The van der Waals surface area contributed by atoms with Crippen LogP contribution in [-0.2, 0) is 22.4 Å². The predicted octanol–water partition coefficient (Wildman–Crippen LogP) is 4.57. The number of hydrogen-bond acceptors (Lipinski definition) is 5. The van der Waals surface area contributed by atoms with Gasteiger partial charge in [-0.3, -0.25) is 4.79 Å². The number of amides is 1. The lowest BCUT2D eigenvalue weighted by Crippen LogP contribution is -2.22. The van der Waals surface area contributed by atoms with Crippen LogP contribution in [0.4, 0.5) is 5.69 Å². The van der Waals surface area contributed by atoms with Gasteiger partial charge >= 0.3 is 5.97 Å². The number of aromatic nitrogens is 1. The molecule has 1 aromatic heterocycles. The summed E-state index contributed by atoms with van der Waals surface area (Å²) in [5.74, 6) is -0.399. The van der Waals surface area contributed by atoms with Crippen molar-refractivity contribution < 1.29 is 18.7 Å². The van der Waals surface area contributed by atoms with Gasteiger partial charge in [0.05, 0.1) is 0 Å². The molecule has 0 unspecified atom stereocenters. The van der Waals surface area contributed by atoms with Gasteiger partial charge in [0.2, 0.25) is 5.89 Å². The van der Waals surface area contributed by atoms with Gasteiger partial charge in [0.25, 0.3) is 5.91 Å². The number of rotatable bonds is 7. The zero-order valence-electron chi connectivity index (χ0n) is 16.8. The molecule has 0 aliphatic carbocycles. The molecule has 0 saturated carbocycles. The highest BCUT2D eigenvalue weighted by molar-refractivity contribution is 5.96. The number of benzene rings is 2. The van der Waals surface area contributed by atoms with Crippen molar-refractivity contribution in [1.29, 1.82) is 0 Å². The highest BCUT2D eigenvalue weighted by atomic mass is 16.5. The second kappa shape index (κ2) is 9.19. The third-order valence-electron chi connectivity index (χ3n) is 4.61. The molecular weight excluding hydrogens is 368 g/mol. The number of carbonyl (C=O) groups is 2. The average molecular weight is 392 g/mol. The molecule has 0 saturated heterocycles. The van der Waals surface area contributed by atoms with E-state index in [9.17, 15) is 9.59 Å². The number of esters is 1. The Morgan fingerprint density at radius 2 is 1.66 bits per heavy atom. The third kappa shape index (κ3) is 4.71. The number of aryl methyl sites for hydroxylation is 3. The molecule has 1 N–H and O–H groups in total. The molecule has 6 heteroatoms. The Balaban J connectivity index is 1.66. The van der Waals surface area contributed by atoms with Gasteiger partial charge in [-0.15, -0.1) is 0 Å².